The van der Waals surface area contributed by atoms with Crippen molar-refractivity contribution < 1.29 is 13.9 Å². The maximum absolute atomic E-state index is 5.80. The number of nitrogens with zero attached hydrogens (tertiary/aromatic N) is 3. The van der Waals surface area contributed by atoms with Gasteiger partial charge in [0.2, 0.25) is 0 Å². The Kier molecular flexibility index (Phi) is 11.1. The summed E-state index contributed by atoms with van der Waals surface area (Å²) < 4.78 is 16.6. The van der Waals surface area contributed by atoms with E-state index in [9.17, 15) is 0 Å². The minimum absolute atomic E-state index is 0. The quantitative estimate of drug-likeness (QED) is 0.218. The van der Waals surface area contributed by atoms with Gasteiger partial charge in [-0.15, -0.1) is 24.0 Å². The molecule has 172 valence electrons. The number of anilines is 1. The number of ether oxygens (including phenoxy) is 2. The number of morpholine rings is 1. The normalized spacial score (nSPS) is 19.1. The predicted molar refractivity (Wildman–Crippen MR) is 133 cm³/mol. The van der Waals surface area contributed by atoms with Crippen LogP contribution in [-0.2, 0) is 22.6 Å². The monoisotopic (exact) mass is 543 g/mol. The third-order valence-corrected chi connectivity index (χ3v) is 4.82. The molecule has 0 bridgehead atoms. The van der Waals surface area contributed by atoms with Crippen LogP contribution in [0.4, 0.5) is 5.82 Å². The highest BCUT2D eigenvalue weighted by Crippen LogP contribution is 2.18. The van der Waals surface area contributed by atoms with Gasteiger partial charge in [-0.2, -0.15) is 0 Å². The molecule has 2 aromatic rings. The summed E-state index contributed by atoms with van der Waals surface area (Å²) in [4.78, 5) is 11.2. The van der Waals surface area contributed by atoms with E-state index in [-0.39, 0.29) is 36.2 Å². The van der Waals surface area contributed by atoms with Crippen molar-refractivity contribution in [3.8, 4) is 0 Å². The van der Waals surface area contributed by atoms with Gasteiger partial charge in [-0.05, 0) is 44.0 Å². The summed E-state index contributed by atoms with van der Waals surface area (Å²) in [6.45, 7) is 8.56. The Morgan fingerprint density at radius 2 is 2.03 bits per heavy atom. The Labute approximate surface area is 201 Å². The van der Waals surface area contributed by atoms with Gasteiger partial charge in [0.05, 0.1) is 18.5 Å². The number of aromatic nitrogens is 1. The third kappa shape index (κ3) is 8.66. The fraction of sp³-hybridized carbons (Fsp3) is 0.545. The van der Waals surface area contributed by atoms with Crippen molar-refractivity contribution in [2.24, 2.45) is 4.99 Å². The van der Waals surface area contributed by atoms with Gasteiger partial charge in [0.1, 0.15) is 18.2 Å². The van der Waals surface area contributed by atoms with Crippen LogP contribution in [0.1, 0.15) is 31.6 Å². The van der Waals surface area contributed by atoms with Crippen molar-refractivity contribution >= 4 is 35.8 Å². The Morgan fingerprint density at radius 1 is 1.23 bits per heavy atom. The lowest BCUT2D eigenvalue weighted by atomic mass is 10.2. The smallest absolute Gasteiger partial charge is 0.191 e. The van der Waals surface area contributed by atoms with Crippen LogP contribution in [0.25, 0.3) is 0 Å². The zero-order valence-electron chi connectivity index (χ0n) is 18.5. The Morgan fingerprint density at radius 3 is 2.68 bits per heavy atom. The largest absolute Gasteiger partial charge is 0.467 e. The third-order valence-electron chi connectivity index (χ3n) is 4.82. The number of hydrogen-bond donors (Lipinski definition) is 2. The Bertz CT molecular complexity index is 760. The molecule has 1 saturated heterocycles. The molecule has 0 amide bonds. The molecule has 1 aliphatic heterocycles. The van der Waals surface area contributed by atoms with Gasteiger partial charge in [0.25, 0.3) is 0 Å². The van der Waals surface area contributed by atoms with Gasteiger partial charge in [0.15, 0.2) is 5.96 Å². The van der Waals surface area contributed by atoms with Crippen molar-refractivity contribution in [3.05, 3.63) is 48.0 Å². The Hall–Kier alpha value is -1.85. The van der Waals surface area contributed by atoms with E-state index in [1.807, 2.05) is 18.3 Å². The molecule has 31 heavy (non-hydrogen) atoms. The average molecular weight is 543 g/mol. The molecule has 0 aliphatic carbocycles. The molecule has 2 aromatic heterocycles. The molecule has 9 heteroatoms. The molecule has 3 heterocycles. The zero-order valence-corrected chi connectivity index (χ0v) is 20.9. The zero-order chi connectivity index (χ0) is 21.2. The molecule has 2 unspecified atom stereocenters. The van der Waals surface area contributed by atoms with Gasteiger partial charge in [-0.3, -0.25) is 4.99 Å². The van der Waals surface area contributed by atoms with Gasteiger partial charge in [-0.1, -0.05) is 6.07 Å². The molecule has 0 aromatic carbocycles. The highest BCUT2D eigenvalue weighted by Gasteiger charge is 2.22. The fourth-order valence-electron chi connectivity index (χ4n) is 3.43. The molecular formula is C22H34IN5O3. The van der Waals surface area contributed by atoms with Crippen molar-refractivity contribution in [2.75, 3.05) is 38.2 Å². The first-order valence-corrected chi connectivity index (χ1v) is 10.5. The van der Waals surface area contributed by atoms with E-state index in [2.05, 4.69) is 51.5 Å². The first-order valence-electron chi connectivity index (χ1n) is 10.5. The molecule has 1 fully saturated rings. The van der Waals surface area contributed by atoms with Crippen LogP contribution in [0.15, 0.2) is 46.1 Å². The van der Waals surface area contributed by atoms with Crippen LogP contribution < -0.4 is 15.5 Å². The van der Waals surface area contributed by atoms with E-state index in [4.69, 9.17) is 13.9 Å². The van der Waals surface area contributed by atoms with E-state index in [1.54, 1.807) is 13.3 Å². The van der Waals surface area contributed by atoms with Gasteiger partial charge in [0, 0.05) is 46.0 Å². The number of aliphatic imine (C=N–C) groups is 1. The minimum Gasteiger partial charge on any atom is -0.467 e. The summed E-state index contributed by atoms with van der Waals surface area (Å²) in [5.74, 6) is 2.61. The first kappa shape index (κ1) is 25.4. The standard InChI is InChI=1S/C22H33N5O3.HI/c1-17-14-27(15-18(2)30-17)21-8-7-19(12-25-21)13-26-22(23-3)24-9-5-10-28-16-20-6-4-11-29-20;/h4,6-8,11-12,17-18H,5,9-10,13-16H2,1-3H3,(H2,23,24,26);1H. The van der Waals surface area contributed by atoms with Crippen molar-refractivity contribution in [3.63, 3.8) is 0 Å². The number of hydrogen-bond acceptors (Lipinski definition) is 6. The summed E-state index contributed by atoms with van der Waals surface area (Å²) in [6.07, 6.45) is 4.91. The van der Waals surface area contributed by atoms with Crippen LogP contribution in [0.3, 0.4) is 0 Å². The average Bonchev–Trinajstić information content (AvgIpc) is 3.26. The minimum atomic E-state index is 0. The van der Waals surface area contributed by atoms with Crippen molar-refractivity contribution in [2.45, 2.75) is 45.6 Å². The maximum Gasteiger partial charge on any atom is 0.191 e. The lowest BCUT2D eigenvalue weighted by Crippen LogP contribution is -2.45. The van der Waals surface area contributed by atoms with E-state index < -0.39 is 0 Å². The summed E-state index contributed by atoms with van der Waals surface area (Å²) in [7, 11) is 1.77. The summed E-state index contributed by atoms with van der Waals surface area (Å²) in [6, 6.07) is 7.96. The first-order chi connectivity index (χ1) is 14.6. The SMILES string of the molecule is CN=C(NCCCOCc1ccco1)NCc1ccc(N2CC(C)OC(C)C2)nc1.I. The molecule has 3 rings (SSSR count). The molecule has 8 nitrogen and oxygen atoms in total. The number of furan rings is 1. The van der Waals surface area contributed by atoms with Crippen LogP contribution in [-0.4, -0.2) is 56.4 Å². The molecule has 0 radical (unpaired) electrons. The molecule has 0 spiro atoms. The number of rotatable bonds is 9. The Balaban J connectivity index is 0.00000341. The van der Waals surface area contributed by atoms with E-state index in [1.165, 1.54) is 0 Å². The fourth-order valence-corrected chi connectivity index (χ4v) is 3.43. The van der Waals surface area contributed by atoms with Crippen molar-refractivity contribution in [1.29, 1.82) is 0 Å². The highest BCUT2D eigenvalue weighted by atomic mass is 127. The molecule has 0 saturated carbocycles. The van der Waals surface area contributed by atoms with Gasteiger partial charge < -0.3 is 29.4 Å². The maximum atomic E-state index is 5.80. The highest BCUT2D eigenvalue weighted by molar-refractivity contribution is 14.0. The molecule has 2 N–H and O–H groups in total. The van der Waals surface area contributed by atoms with Crippen LogP contribution >= 0.6 is 24.0 Å². The number of pyridine rings is 1. The van der Waals surface area contributed by atoms with Crippen LogP contribution in [0.5, 0.6) is 0 Å². The summed E-state index contributed by atoms with van der Waals surface area (Å²) in [5.41, 5.74) is 1.11. The lowest BCUT2D eigenvalue weighted by Gasteiger charge is -2.36. The molecule has 2 atom stereocenters. The number of guanidine groups is 1. The van der Waals surface area contributed by atoms with E-state index >= 15 is 0 Å². The summed E-state index contributed by atoms with van der Waals surface area (Å²) >= 11 is 0. The number of halogens is 1. The predicted octanol–water partition coefficient (Wildman–Crippen LogP) is 3.18. The molecular weight excluding hydrogens is 509 g/mol. The van der Waals surface area contributed by atoms with E-state index in [0.29, 0.717) is 19.8 Å². The van der Waals surface area contributed by atoms with Crippen molar-refractivity contribution in [1.82, 2.24) is 15.6 Å². The van der Waals surface area contributed by atoms with Crippen LogP contribution in [0, 0.1) is 0 Å². The second-order valence-corrected chi connectivity index (χ2v) is 7.52. The van der Waals surface area contributed by atoms with Gasteiger partial charge >= 0.3 is 0 Å². The summed E-state index contributed by atoms with van der Waals surface area (Å²) in [5, 5.41) is 6.62. The van der Waals surface area contributed by atoms with Gasteiger partial charge in [-0.25, -0.2) is 4.98 Å². The van der Waals surface area contributed by atoms with Crippen LogP contribution in [0.2, 0.25) is 0 Å². The second kappa shape index (κ2) is 13.5. The lowest BCUT2D eigenvalue weighted by molar-refractivity contribution is -0.00545. The number of nitrogens with one attached hydrogen (secondary N) is 2. The van der Waals surface area contributed by atoms with E-state index in [0.717, 1.165) is 49.2 Å². The molecule has 1 aliphatic rings. The topological polar surface area (TPSA) is 84.2 Å². The second-order valence-electron chi connectivity index (χ2n) is 7.52.